The molecule has 1 unspecified atom stereocenters. The number of aliphatic carboxylic acids is 1. The number of hydrogen-bond donors (Lipinski definition) is 2. The van der Waals surface area contributed by atoms with Crippen molar-refractivity contribution in [2.45, 2.75) is 39.7 Å². The molecule has 1 amide bonds. The number of amides is 1. The van der Waals surface area contributed by atoms with Crippen molar-refractivity contribution in [3.63, 3.8) is 0 Å². The van der Waals surface area contributed by atoms with E-state index in [9.17, 15) is 9.59 Å². The van der Waals surface area contributed by atoms with Crippen LogP contribution in [0.25, 0.3) is 0 Å². The third kappa shape index (κ3) is 2.76. The van der Waals surface area contributed by atoms with Crippen molar-refractivity contribution in [2.24, 2.45) is 17.3 Å². The number of carboxylic acids is 1. The van der Waals surface area contributed by atoms with Crippen molar-refractivity contribution < 1.29 is 14.7 Å². The summed E-state index contributed by atoms with van der Waals surface area (Å²) in [5.74, 6) is -1.88. The Morgan fingerprint density at radius 3 is 2.37 bits per heavy atom. The van der Waals surface area contributed by atoms with Gasteiger partial charge in [-0.2, -0.15) is 0 Å². The molecule has 1 heterocycles. The summed E-state index contributed by atoms with van der Waals surface area (Å²) in [6, 6.07) is 0.330. The summed E-state index contributed by atoms with van der Waals surface area (Å²) in [6.07, 6.45) is 2.46. The van der Waals surface area contributed by atoms with E-state index in [0.29, 0.717) is 12.6 Å². The first-order valence-electron chi connectivity index (χ1n) is 7.10. The fraction of sp³-hybridized carbons (Fsp3) is 0.857. The summed E-state index contributed by atoms with van der Waals surface area (Å²) in [5, 5.41) is 12.0. The highest BCUT2D eigenvalue weighted by atomic mass is 16.4. The molecule has 108 valence electrons. The van der Waals surface area contributed by atoms with Gasteiger partial charge >= 0.3 is 5.97 Å². The predicted molar refractivity (Wildman–Crippen MR) is 71.7 cm³/mol. The Bertz CT molecular complexity index is 375. The van der Waals surface area contributed by atoms with Crippen molar-refractivity contribution in [3.8, 4) is 0 Å². The number of carbonyl (C=O) groups is 2. The fourth-order valence-electron chi connectivity index (χ4n) is 3.26. The molecule has 2 N–H and O–H groups in total. The van der Waals surface area contributed by atoms with Crippen molar-refractivity contribution in [1.29, 1.82) is 0 Å². The zero-order valence-electron chi connectivity index (χ0n) is 12.0. The van der Waals surface area contributed by atoms with Crippen LogP contribution in [0, 0.1) is 17.3 Å². The minimum atomic E-state index is -0.863. The van der Waals surface area contributed by atoms with E-state index in [1.165, 1.54) is 12.8 Å². The van der Waals surface area contributed by atoms with E-state index >= 15 is 0 Å². The van der Waals surface area contributed by atoms with Crippen molar-refractivity contribution >= 4 is 11.9 Å². The Morgan fingerprint density at radius 1 is 1.32 bits per heavy atom. The van der Waals surface area contributed by atoms with E-state index < -0.39 is 17.3 Å². The average Bonchev–Trinajstić information content (AvgIpc) is 2.74. The standard InChI is InChI=1S/C14H24N2O3/c1-9(16-6-4-5-7-16)8-15-12(17)10-11(13(18)19)14(10,2)3/h9-11H,4-8H2,1-3H3,(H,15,17)(H,18,19)/t9?,10-,11+/m1/s1. The molecule has 0 bridgehead atoms. The van der Waals surface area contributed by atoms with Crippen LogP contribution in [-0.4, -0.2) is 47.6 Å². The molecule has 1 aliphatic heterocycles. The largest absolute Gasteiger partial charge is 0.481 e. The number of rotatable bonds is 5. The topological polar surface area (TPSA) is 69.6 Å². The van der Waals surface area contributed by atoms with E-state index in [2.05, 4.69) is 17.1 Å². The zero-order valence-corrected chi connectivity index (χ0v) is 12.0. The van der Waals surface area contributed by atoms with Gasteiger partial charge in [-0.05, 0) is 38.3 Å². The molecular formula is C14H24N2O3. The number of carbonyl (C=O) groups excluding carboxylic acids is 1. The second-order valence-electron chi connectivity index (χ2n) is 6.45. The molecule has 0 radical (unpaired) electrons. The van der Waals surface area contributed by atoms with Gasteiger partial charge in [0.1, 0.15) is 0 Å². The van der Waals surface area contributed by atoms with Crippen LogP contribution in [0.15, 0.2) is 0 Å². The highest BCUT2D eigenvalue weighted by molar-refractivity contribution is 5.91. The number of hydrogen-bond acceptors (Lipinski definition) is 3. The van der Waals surface area contributed by atoms with Crippen LogP contribution in [0.5, 0.6) is 0 Å². The van der Waals surface area contributed by atoms with E-state index in [4.69, 9.17) is 5.11 Å². The molecule has 2 rings (SSSR count). The Labute approximate surface area is 114 Å². The summed E-state index contributed by atoms with van der Waals surface area (Å²) in [6.45, 7) is 8.61. The van der Waals surface area contributed by atoms with Crippen molar-refractivity contribution in [1.82, 2.24) is 10.2 Å². The van der Waals surface area contributed by atoms with Gasteiger partial charge in [-0.1, -0.05) is 13.8 Å². The number of nitrogens with one attached hydrogen (secondary N) is 1. The van der Waals surface area contributed by atoms with Gasteiger partial charge in [0.25, 0.3) is 0 Å². The Hall–Kier alpha value is -1.10. The maximum absolute atomic E-state index is 12.1. The van der Waals surface area contributed by atoms with E-state index in [1.807, 2.05) is 13.8 Å². The first-order chi connectivity index (χ1) is 8.85. The average molecular weight is 268 g/mol. The van der Waals surface area contributed by atoms with Crippen LogP contribution >= 0.6 is 0 Å². The maximum atomic E-state index is 12.1. The summed E-state index contributed by atoms with van der Waals surface area (Å²) in [7, 11) is 0. The molecule has 0 aromatic heterocycles. The van der Waals surface area contributed by atoms with Gasteiger partial charge in [-0.3, -0.25) is 14.5 Å². The summed E-state index contributed by atoms with van der Waals surface area (Å²) in [5.41, 5.74) is -0.410. The summed E-state index contributed by atoms with van der Waals surface area (Å²) < 4.78 is 0. The molecule has 2 aliphatic rings. The molecule has 0 aromatic carbocycles. The molecule has 1 saturated heterocycles. The predicted octanol–water partition coefficient (Wildman–Crippen LogP) is 0.944. The lowest BCUT2D eigenvalue weighted by Crippen LogP contribution is -2.41. The van der Waals surface area contributed by atoms with Crippen molar-refractivity contribution in [3.05, 3.63) is 0 Å². The Morgan fingerprint density at radius 2 is 1.89 bits per heavy atom. The molecule has 1 aliphatic carbocycles. The number of nitrogens with zero attached hydrogens (tertiary/aromatic N) is 1. The summed E-state index contributed by atoms with van der Waals surface area (Å²) in [4.78, 5) is 25.5. The van der Waals surface area contributed by atoms with Crippen LogP contribution in [0.2, 0.25) is 0 Å². The minimum Gasteiger partial charge on any atom is -0.481 e. The lowest BCUT2D eigenvalue weighted by molar-refractivity contribution is -0.140. The van der Waals surface area contributed by atoms with Crippen molar-refractivity contribution in [2.75, 3.05) is 19.6 Å². The number of likely N-dealkylation sites (tertiary alicyclic amines) is 1. The SMILES string of the molecule is CC(CNC(=O)[C@H]1[C@@H](C(=O)O)C1(C)C)N1CCCC1. The molecular weight excluding hydrogens is 244 g/mol. The quantitative estimate of drug-likeness (QED) is 0.778. The van der Waals surface area contributed by atoms with Crippen LogP contribution in [0.4, 0.5) is 0 Å². The smallest absolute Gasteiger partial charge is 0.307 e. The monoisotopic (exact) mass is 268 g/mol. The molecule has 5 nitrogen and oxygen atoms in total. The maximum Gasteiger partial charge on any atom is 0.307 e. The van der Waals surface area contributed by atoms with Gasteiger partial charge in [0.15, 0.2) is 0 Å². The lowest BCUT2D eigenvalue weighted by atomic mass is 10.1. The third-order valence-corrected chi connectivity index (χ3v) is 4.71. The molecule has 19 heavy (non-hydrogen) atoms. The second-order valence-corrected chi connectivity index (χ2v) is 6.45. The molecule has 2 fully saturated rings. The van der Waals surface area contributed by atoms with Crippen LogP contribution < -0.4 is 5.32 Å². The Balaban J connectivity index is 1.80. The van der Waals surface area contributed by atoms with E-state index in [1.54, 1.807) is 0 Å². The normalized spacial score (nSPS) is 30.9. The first-order valence-corrected chi connectivity index (χ1v) is 7.10. The van der Waals surface area contributed by atoms with Gasteiger partial charge in [0.05, 0.1) is 11.8 Å². The molecule has 0 spiro atoms. The second kappa shape index (κ2) is 5.12. The lowest BCUT2D eigenvalue weighted by Gasteiger charge is -2.24. The van der Waals surface area contributed by atoms with E-state index in [0.717, 1.165) is 13.1 Å². The summed E-state index contributed by atoms with van der Waals surface area (Å²) >= 11 is 0. The highest BCUT2D eigenvalue weighted by Crippen LogP contribution is 2.58. The molecule has 3 atom stereocenters. The van der Waals surface area contributed by atoms with Gasteiger partial charge in [-0.25, -0.2) is 0 Å². The first kappa shape index (κ1) is 14.3. The number of carboxylic acid groups (broad SMARTS) is 1. The van der Waals surface area contributed by atoms with Gasteiger partial charge < -0.3 is 10.4 Å². The highest BCUT2D eigenvalue weighted by Gasteiger charge is 2.65. The zero-order chi connectivity index (χ0) is 14.2. The van der Waals surface area contributed by atoms with Gasteiger partial charge in [-0.15, -0.1) is 0 Å². The van der Waals surface area contributed by atoms with Crippen LogP contribution in [0.1, 0.15) is 33.6 Å². The van der Waals surface area contributed by atoms with Crippen LogP contribution in [-0.2, 0) is 9.59 Å². The molecule has 0 aromatic rings. The Kier molecular flexibility index (Phi) is 3.85. The molecule has 1 saturated carbocycles. The van der Waals surface area contributed by atoms with Gasteiger partial charge in [0, 0.05) is 12.6 Å². The minimum absolute atomic E-state index is 0.108. The van der Waals surface area contributed by atoms with Crippen LogP contribution in [0.3, 0.4) is 0 Å². The van der Waals surface area contributed by atoms with Gasteiger partial charge in [0.2, 0.25) is 5.91 Å². The molecule has 5 heteroatoms. The van der Waals surface area contributed by atoms with E-state index in [-0.39, 0.29) is 11.8 Å². The third-order valence-electron chi connectivity index (χ3n) is 4.71. The fourth-order valence-corrected chi connectivity index (χ4v) is 3.26.